The van der Waals surface area contributed by atoms with Crippen molar-refractivity contribution in [1.82, 2.24) is 10.1 Å². The van der Waals surface area contributed by atoms with E-state index in [1.54, 1.807) is 7.11 Å². The summed E-state index contributed by atoms with van der Waals surface area (Å²) in [5.41, 5.74) is 2.11. The Morgan fingerprint density at radius 3 is 2.86 bits per heavy atom. The molecule has 4 rings (SSSR count). The van der Waals surface area contributed by atoms with Crippen LogP contribution in [0.4, 0.5) is 5.69 Å². The molecule has 0 amide bonds. The third-order valence-electron chi connectivity index (χ3n) is 4.72. The van der Waals surface area contributed by atoms with Gasteiger partial charge in [-0.25, -0.2) is 0 Å². The summed E-state index contributed by atoms with van der Waals surface area (Å²) in [6, 6.07) is 8.37. The number of ether oxygens (including phenoxy) is 1. The minimum Gasteiger partial charge on any atom is -0.373 e. The van der Waals surface area contributed by atoms with Crippen LogP contribution in [0.2, 0.25) is 0 Å². The van der Waals surface area contributed by atoms with Crippen LogP contribution < -0.4 is 5.32 Å². The molecule has 1 N–H and O–H groups in total. The quantitative estimate of drug-likeness (QED) is 0.938. The molecule has 0 radical (unpaired) electrons. The van der Waals surface area contributed by atoms with Gasteiger partial charge in [-0.3, -0.25) is 0 Å². The Hall–Kier alpha value is -1.88. The maximum Gasteiger partial charge on any atom is 0.249 e. The lowest BCUT2D eigenvalue weighted by molar-refractivity contribution is -0.0178. The van der Waals surface area contributed by atoms with E-state index in [4.69, 9.17) is 9.26 Å². The Morgan fingerprint density at radius 1 is 1.29 bits per heavy atom. The summed E-state index contributed by atoms with van der Waals surface area (Å²) in [4.78, 5) is 4.64. The monoisotopic (exact) mass is 285 g/mol. The number of fused-ring (bicyclic) bond motifs is 1. The predicted octanol–water partition coefficient (Wildman–Crippen LogP) is 3.19. The van der Waals surface area contributed by atoms with Gasteiger partial charge in [-0.05, 0) is 37.3 Å². The lowest BCUT2D eigenvalue weighted by Crippen LogP contribution is -2.26. The Kier molecular flexibility index (Phi) is 2.96. The predicted molar refractivity (Wildman–Crippen MR) is 78.0 cm³/mol. The second-order valence-electron chi connectivity index (χ2n) is 5.92. The fraction of sp³-hybridized carbons (Fsp3) is 0.500. The molecule has 0 unspecified atom stereocenters. The first kappa shape index (κ1) is 12.8. The highest BCUT2D eigenvalue weighted by molar-refractivity contribution is 5.56. The van der Waals surface area contributed by atoms with E-state index in [1.165, 1.54) is 5.56 Å². The highest BCUT2D eigenvalue weighted by Crippen LogP contribution is 2.41. The molecule has 1 aromatic carbocycles. The van der Waals surface area contributed by atoms with Crippen molar-refractivity contribution in [2.75, 3.05) is 12.4 Å². The SMILES string of the molecule is COC1(c2noc([C@@H]3Cc4ccccc4N3)n2)CCCC1. The first-order valence-electron chi connectivity index (χ1n) is 7.54. The Balaban J connectivity index is 1.59. The molecule has 2 aliphatic rings. The van der Waals surface area contributed by atoms with Gasteiger partial charge in [0.05, 0.1) is 0 Å². The number of para-hydroxylation sites is 1. The van der Waals surface area contributed by atoms with Gasteiger partial charge in [0.1, 0.15) is 11.6 Å². The van der Waals surface area contributed by atoms with E-state index in [-0.39, 0.29) is 11.6 Å². The fourth-order valence-electron chi connectivity index (χ4n) is 3.47. The van der Waals surface area contributed by atoms with Gasteiger partial charge in [0.2, 0.25) is 11.7 Å². The molecule has 110 valence electrons. The topological polar surface area (TPSA) is 60.2 Å². The molecule has 0 spiro atoms. The molecule has 1 fully saturated rings. The molecule has 1 aromatic heterocycles. The van der Waals surface area contributed by atoms with Crippen molar-refractivity contribution in [1.29, 1.82) is 0 Å². The lowest BCUT2D eigenvalue weighted by Gasteiger charge is -2.22. The van der Waals surface area contributed by atoms with E-state index in [2.05, 4.69) is 33.7 Å². The van der Waals surface area contributed by atoms with Crippen LogP contribution in [-0.4, -0.2) is 17.3 Å². The summed E-state index contributed by atoms with van der Waals surface area (Å²) in [5, 5.41) is 7.65. The van der Waals surface area contributed by atoms with Crippen LogP contribution in [0.15, 0.2) is 28.8 Å². The van der Waals surface area contributed by atoms with Crippen molar-refractivity contribution in [3.63, 3.8) is 0 Å². The summed E-state index contributed by atoms with van der Waals surface area (Å²) in [7, 11) is 1.74. The number of benzene rings is 1. The number of hydrogen-bond acceptors (Lipinski definition) is 5. The van der Waals surface area contributed by atoms with E-state index in [9.17, 15) is 0 Å². The van der Waals surface area contributed by atoms with Gasteiger partial charge in [-0.15, -0.1) is 0 Å². The average molecular weight is 285 g/mol. The number of nitrogens with zero attached hydrogens (tertiary/aromatic N) is 2. The molecule has 1 aliphatic heterocycles. The first-order chi connectivity index (χ1) is 10.3. The van der Waals surface area contributed by atoms with Crippen LogP contribution in [0.5, 0.6) is 0 Å². The fourth-order valence-corrected chi connectivity index (χ4v) is 3.47. The van der Waals surface area contributed by atoms with Crippen molar-refractivity contribution in [3.05, 3.63) is 41.5 Å². The van der Waals surface area contributed by atoms with Gasteiger partial charge in [0, 0.05) is 19.2 Å². The van der Waals surface area contributed by atoms with E-state index in [1.807, 2.05) is 6.07 Å². The number of nitrogens with one attached hydrogen (secondary N) is 1. The molecular weight excluding hydrogens is 266 g/mol. The maximum absolute atomic E-state index is 5.72. The van der Waals surface area contributed by atoms with Crippen LogP contribution in [0.25, 0.3) is 0 Å². The molecule has 5 nitrogen and oxygen atoms in total. The average Bonchev–Trinajstić information content (AvgIpc) is 3.24. The van der Waals surface area contributed by atoms with Gasteiger partial charge in [0.15, 0.2) is 0 Å². The van der Waals surface area contributed by atoms with E-state index in [0.29, 0.717) is 11.7 Å². The number of hydrogen-bond donors (Lipinski definition) is 1. The third-order valence-corrected chi connectivity index (χ3v) is 4.72. The van der Waals surface area contributed by atoms with Gasteiger partial charge >= 0.3 is 0 Å². The minimum atomic E-state index is -0.340. The van der Waals surface area contributed by atoms with Crippen LogP contribution in [0.3, 0.4) is 0 Å². The highest BCUT2D eigenvalue weighted by atomic mass is 16.5. The normalized spacial score (nSPS) is 23.0. The van der Waals surface area contributed by atoms with Crippen LogP contribution in [-0.2, 0) is 16.8 Å². The zero-order valence-electron chi connectivity index (χ0n) is 12.1. The van der Waals surface area contributed by atoms with Crippen molar-refractivity contribution >= 4 is 5.69 Å². The van der Waals surface area contributed by atoms with Crippen molar-refractivity contribution in [3.8, 4) is 0 Å². The van der Waals surface area contributed by atoms with Crippen molar-refractivity contribution < 1.29 is 9.26 Å². The number of anilines is 1. The van der Waals surface area contributed by atoms with Crippen molar-refractivity contribution in [2.24, 2.45) is 0 Å². The standard InChI is InChI=1S/C16H19N3O2/c1-20-16(8-4-5-9-16)15-18-14(21-19-15)13-10-11-6-2-3-7-12(11)17-13/h2-3,6-7,13,17H,4-5,8-10H2,1H3/t13-/m0/s1. The molecule has 2 heterocycles. The van der Waals surface area contributed by atoms with E-state index in [0.717, 1.165) is 37.8 Å². The molecule has 1 atom stereocenters. The Morgan fingerprint density at radius 2 is 2.10 bits per heavy atom. The summed E-state index contributed by atoms with van der Waals surface area (Å²) < 4.78 is 11.2. The second-order valence-corrected chi connectivity index (χ2v) is 5.92. The summed E-state index contributed by atoms with van der Waals surface area (Å²) in [6.07, 6.45) is 5.15. The summed E-state index contributed by atoms with van der Waals surface area (Å²) in [5.74, 6) is 1.36. The zero-order chi connectivity index (χ0) is 14.3. The zero-order valence-corrected chi connectivity index (χ0v) is 12.1. The molecule has 1 aliphatic carbocycles. The molecular formula is C16H19N3O2. The maximum atomic E-state index is 5.72. The van der Waals surface area contributed by atoms with Crippen LogP contribution in [0.1, 0.15) is 49.0 Å². The first-order valence-corrected chi connectivity index (χ1v) is 7.54. The molecule has 2 aromatic rings. The third kappa shape index (κ3) is 2.03. The Labute approximate surface area is 123 Å². The summed E-state index contributed by atoms with van der Waals surface area (Å²) in [6.45, 7) is 0. The van der Waals surface area contributed by atoms with Gasteiger partial charge < -0.3 is 14.6 Å². The second kappa shape index (κ2) is 4.84. The largest absolute Gasteiger partial charge is 0.373 e. The molecule has 0 bridgehead atoms. The van der Waals surface area contributed by atoms with Crippen molar-refractivity contribution in [2.45, 2.75) is 43.7 Å². The number of aromatic nitrogens is 2. The summed E-state index contributed by atoms with van der Waals surface area (Å²) >= 11 is 0. The smallest absolute Gasteiger partial charge is 0.249 e. The molecule has 1 saturated carbocycles. The van der Waals surface area contributed by atoms with Crippen LogP contribution >= 0.6 is 0 Å². The van der Waals surface area contributed by atoms with E-state index < -0.39 is 0 Å². The number of methoxy groups -OCH3 is 1. The highest BCUT2D eigenvalue weighted by Gasteiger charge is 2.41. The van der Waals surface area contributed by atoms with Gasteiger partial charge in [-0.1, -0.05) is 23.4 Å². The van der Waals surface area contributed by atoms with Crippen LogP contribution in [0, 0.1) is 0 Å². The minimum absolute atomic E-state index is 0.0685. The molecule has 21 heavy (non-hydrogen) atoms. The molecule has 0 saturated heterocycles. The lowest BCUT2D eigenvalue weighted by atomic mass is 10.0. The van der Waals surface area contributed by atoms with Gasteiger partial charge in [0.25, 0.3) is 0 Å². The molecule has 5 heteroatoms. The van der Waals surface area contributed by atoms with Gasteiger partial charge in [-0.2, -0.15) is 4.98 Å². The van der Waals surface area contributed by atoms with E-state index >= 15 is 0 Å². The Bertz CT molecular complexity index is 621. The number of rotatable bonds is 3.